The monoisotopic (exact) mass is 418 g/mol. The zero-order valence-corrected chi connectivity index (χ0v) is 17.4. The van der Waals surface area contributed by atoms with Crippen molar-refractivity contribution in [1.82, 2.24) is 29.3 Å². The number of fused-ring (bicyclic) bond motifs is 1. The van der Waals surface area contributed by atoms with Gasteiger partial charge >= 0.3 is 0 Å². The van der Waals surface area contributed by atoms with Crippen LogP contribution in [0.2, 0.25) is 0 Å². The summed E-state index contributed by atoms with van der Waals surface area (Å²) in [5, 5.41) is 21.0. The standard InChI is InChI=1S/C22H26N8O/c1-29-14-23-19-20(25-17-11-24-30(13-17)12-15-5-3-2-4-6-15)27-22(28-21(19)29)26-16-7-9-18(31)10-8-16/h2-6,11,13-14,16,18,31H,7-10,12H2,1H3,(H2,25,26,27,28)/t16-,18-. The first-order valence-corrected chi connectivity index (χ1v) is 10.6. The number of aliphatic hydroxyl groups is 1. The lowest BCUT2D eigenvalue weighted by atomic mass is 9.93. The third-order valence-electron chi connectivity index (χ3n) is 5.67. The Balaban J connectivity index is 1.37. The van der Waals surface area contributed by atoms with Crippen LogP contribution in [0.1, 0.15) is 31.2 Å². The number of imidazole rings is 1. The second-order valence-corrected chi connectivity index (χ2v) is 8.11. The van der Waals surface area contributed by atoms with Gasteiger partial charge in [-0.1, -0.05) is 30.3 Å². The van der Waals surface area contributed by atoms with Crippen molar-refractivity contribution in [3.05, 3.63) is 54.6 Å². The molecule has 1 aliphatic carbocycles. The van der Waals surface area contributed by atoms with Crippen LogP contribution in [0.4, 0.5) is 17.5 Å². The molecule has 0 saturated heterocycles. The lowest BCUT2D eigenvalue weighted by Crippen LogP contribution is -2.29. The molecule has 1 fully saturated rings. The number of hydrogen-bond acceptors (Lipinski definition) is 7. The van der Waals surface area contributed by atoms with Crippen molar-refractivity contribution >= 4 is 28.6 Å². The SMILES string of the molecule is Cn1cnc2c(Nc3cnn(Cc4ccccc4)c3)nc(N[C@H]3CC[C@H](O)CC3)nc21. The molecule has 0 aliphatic heterocycles. The van der Waals surface area contributed by atoms with Gasteiger partial charge in [-0.25, -0.2) is 4.98 Å². The van der Waals surface area contributed by atoms with E-state index >= 15 is 0 Å². The Labute approximate surface area is 180 Å². The topological polar surface area (TPSA) is 106 Å². The number of benzene rings is 1. The molecule has 9 heteroatoms. The summed E-state index contributed by atoms with van der Waals surface area (Å²) >= 11 is 0. The maximum Gasteiger partial charge on any atom is 0.227 e. The fourth-order valence-electron chi connectivity index (χ4n) is 3.98. The second-order valence-electron chi connectivity index (χ2n) is 8.11. The quantitative estimate of drug-likeness (QED) is 0.442. The van der Waals surface area contributed by atoms with Crippen molar-refractivity contribution in [2.24, 2.45) is 7.05 Å². The Bertz CT molecular complexity index is 1160. The van der Waals surface area contributed by atoms with Crippen molar-refractivity contribution in [2.45, 2.75) is 44.4 Å². The van der Waals surface area contributed by atoms with E-state index in [0.717, 1.165) is 37.0 Å². The van der Waals surface area contributed by atoms with Gasteiger partial charge in [0.2, 0.25) is 5.95 Å². The van der Waals surface area contributed by atoms with E-state index in [2.05, 4.69) is 37.8 Å². The number of aryl methyl sites for hydroxylation is 1. The molecule has 1 saturated carbocycles. The summed E-state index contributed by atoms with van der Waals surface area (Å²) in [6.45, 7) is 0.700. The molecular weight excluding hydrogens is 392 g/mol. The number of aromatic nitrogens is 6. The number of rotatable bonds is 6. The zero-order chi connectivity index (χ0) is 21.2. The Morgan fingerprint density at radius 3 is 2.71 bits per heavy atom. The fraction of sp³-hybridized carbons (Fsp3) is 0.364. The lowest BCUT2D eigenvalue weighted by molar-refractivity contribution is 0.126. The predicted molar refractivity (Wildman–Crippen MR) is 119 cm³/mol. The van der Waals surface area contributed by atoms with Gasteiger partial charge in [-0.05, 0) is 31.2 Å². The van der Waals surface area contributed by atoms with Gasteiger partial charge in [-0.2, -0.15) is 15.1 Å². The molecule has 1 aliphatic rings. The Morgan fingerprint density at radius 1 is 1.10 bits per heavy atom. The average Bonchev–Trinajstić information content (AvgIpc) is 3.37. The highest BCUT2D eigenvalue weighted by Crippen LogP contribution is 2.26. The average molecular weight is 419 g/mol. The Morgan fingerprint density at radius 2 is 1.90 bits per heavy atom. The van der Waals surface area contributed by atoms with E-state index in [4.69, 9.17) is 4.98 Å². The summed E-state index contributed by atoms with van der Waals surface area (Å²) in [4.78, 5) is 13.8. The first-order chi connectivity index (χ1) is 15.1. The molecule has 0 bridgehead atoms. The third kappa shape index (κ3) is 4.36. The van der Waals surface area contributed by atoms with E-state index in [0.29, 0.717) is 23.8 Å². The molecule has 3 aromatic heterocycles. The molecular formula is C22H26N8O. The molecule has 0 atom stereocenters. The number of nitrogens with one attached hydrogen (secondary N) is 2. The van der Waals surface area contributed by atoms with Crippen molar-refractivity contribution in [3.8, 4) is 0 Å². The van der Waals surface area contributed by atoms with E-state index < -0.39 is 0 Å². The second kappa shape index (κ2) is 8.35. The van der Waals surface area contributed by atoms with E-state index in [1.54, 1.807) is 12.5 Å². The molecule has 31 heavy (non-hydrogen) atoms. The van der Waals surface area contributed by atoms with Crippen LogP contribution in [0.3, 0.4) is 0 Å². The number of nitrogens with zero attached hydrogens (tertiary/aromatic N) is 6. The van der Waals surface area contributed by atoms with Gasteiger partial charge in [-0.15, -0.1) is 0 Å². The van der Waals surface area contributed by atoms with Gasteiger partial charge < -0.3 is 20.3 Å². The first-order valence-electron chi connectivity index (χ1n) is 10.6. The molecule has 1 aromatic carbocycles. The summed E-state index contributed by atoms with van der Waals surface area (Å²) in [5.41, 5.74) is 3.50. The summed E-state index contributed by atoms with van der Waals surface area (Å²) < 4.78 is 3.78. The number of anilines is 3. The van der Waals surface area contributed by atoms with Crippen molar-refractivity contribution in [1.29, 1.82) is 0 Å². The van der Waals surface area contributed by atoms with Crippen LogP contribution in [0, 0.1) is 0 Å². The zero-order valence-electron chi connectivity index (χ0n) is 17.4. The molecule has 3 heterocycles. The highest BCUT2D eigenvalue weighted by Gasteiger charge is 2.21. The van der Waals surface area contributed by atoms with Gasteiger partial charge in [0.05, 0.1) is 30.9 Å². The molecule has 0 unspecified atom stereocenters. The van der Waals surface area contributed by atoms with Crippen LogP contribution in [-0.2, 0) is 13.6 Å². The maximum atomic E-state index is 9.76. The summed E-state index contributed by atoms with van der Waals surface area (Å²) in [5.74, 6) is 1.21. The minimum Gasteiger partial charge on any atom is -0.393 e. The largest absolute Gasteiger partial charge is 0.393 e. The van der Waals surface area contributed by atoms with Crippen LogP contribution in [0.15, 0.2) is 49.1 Å². The molecule has 0 radical (unpaired) electrons. The molecule has 160 valence electrons. The minimum absolute atomic E-state index is 0.192. The molecule has 5 rings (SSSR count). The molecule has 4 aromatic rings. The summed E-state index contributed by atoms with van der Waals surface area (Å²) in [7, 11) is 1.92. The van der Waals surface area contributed by atoms with Gasteiger partial charge in [-0.3, -0.25) is 4.68 Å². The molecule has 3 N–H and O–H groups in total. The molecule has 9 nitrogen and oxygen atoms in total. The van der Waals surface area contributed by atoms with E-state index in [-0.39, 0.29) is 12.1 Å². The summed E-state index contributed by atoms with van der Waals surface area (Å²) in [6.07, 6.45) is 8.71. The number of aliphatic hydroxyl groups excluding tert-OH is 1. The van der Waals surface area contributed by atoms with Gasteiger partial charge in [0.25, 0.3) is 0 Å². The van der Waals surface area contributed by atoms with Crippen molar-refractivity contribution in [3.63, 3.8) is 0 Å². The van der Waals surface area contributed by atoms with Gasteiger partial charge in [0, 0.05) is 19.3 Å². The first kappa shape index (κ1) is 19.5. The third-order valence-corrected chi connectivity index (χ3v) is 5.67. The van der Waals surface area contributed by atoms with Crippen LogP contribution >= 0.6 is 0 Å². The fourth-order valence-corrected chi connectivity index (χ4v) is 3.98. The van der Waals surface area contributed by atoms with Crippen molar-refractivity contribution < 1.29 is 5.11 Å². The highest BCUT2D eigenvalue weighted by molar-refractivity contribution is 5.86. The normalized spacial score (nSPS) is 18.9. The summed E-state index contributed by atoms with van der Waals surface area (Å²) in [6, 6.07) is 10.5. The van der Waals surface area contributed by atoms with E-state index in [1.807, 2.05) is 40.7 Å². The van der Waals surface area contributed by atoms with Crippen LogP contribution < -0.4 is 10.6 Å². The van der Waals surface area contributed by atoms with Crippen LogP contribution in [-0.4, -0.2) is 46.6 Å². The van der Waals surface area contributed by atoms with E-state index in [1.165, 1.54) is 5.56 Å². The minimum atomic E-state index is -0.192. The van der Waals surface area contributed by atoms with Crippen LogP contribution in [0.25, 0.3) is 11.2 Å². The Hall–Kier alpha value is -3.46. The molecule has 0 spiro atoms. The van der Waals surface area contributed by atoms with Gasteiger partial charge in [0.15, 0.2) is 17.0 Å². The van der Waals surface area contributed by atoms with Crippen LogP contribution in [0.5, 0.6) is 0 Å². The maximum absolute atomic E-state index is 9.76. The van der Waals surface area contributed by atoms with Crippen molar-refractivity contribution in [2.75, 3.05) is 10.6 Å². The predicted octanol–water partition coefficient (Wildman–Crippen LogP) is 3.07. The Kier molecular flexibility index (Phi) is 5.25. The van der Waals surface area contributed by atoms with E-state index in [9.17, 15) is 5.11 Å². The van der Waals surface area contributed by atoms with Gasteiger partial charge in [0.1, 0.15) is 0 Å². The smallest absolute Gasteiger partial charge is 0.227 e. The number of hydrogen-bond donors (Lipinski definition) is 3. The highest BCUT2D eigenvalue weighted by atomic mass is 16.3. The molecule has 0 amide bonds. The lowest BCUT2D eigenvalue weighted by Gasteiger charge is -2.26.